The molecule has 0 N–H and O–H groups in total. The van der Waals surface area contributed by atoms with E-state index in [2.05, 4.69) is 78.2 Å². The molecule has 186 valence electrons. The Hall–Kier alpha value is -4.24. The average molecular weight is 499 g/mol. The van der Waals surface area contributed by atoms with Crippen molar-refractivity contribution in [3.63, 3.8) is 0 Å². The molecule has 1 aliphatic carbocycles. The Morgan fingerprint density at radius 3 is 2.39 bits per heavy atom. The van der Waals surface area contributed by atoms with Gasteiger partial charge in [0.1, 0.15) is 24.0 Å². The highest BCUT2D eigenvalue weighted by Gasteiger charge is 2.25. The van der Waals surface area contributed by atoms with Gasteiger partial charge >= 0.3 is 0 Å². The fourth-order valence-corrected chi connectivity index (χ4v) is 6.35. The Morgan fingerprint density at radius 1 is 0.816 bits per heavy atom. The number of fused-ring (bicyclic) bond motifs is 4. The summed E-state index contributed by atoms with van der Waals surface area (Å²) in [4.78, 5) is 0. The molecule has 7 rings (SSSR count). The number of furan rings is 1. The molecule has 38 heavy (non-hydrogen) atoms. The van der Waals surface area contributed by atoms with E-state index in [9.17, 15) is 0 Å². The second kappa shape index (κ2) is 8.95. The number of hydrogen-bond acceptors (Lipinski definition) is 1. The molecular formula is C35H29FNO+. The van der Waals surface area contributed by atoms with E-state index in [1.807, 2.05) is 31.4 Å². The van der Waals surface area contributed by atoms with E-state index in [0.29, 0.717) is 17.1 Å². The maximum atomic E-state index is 15.6. The summed E-state index contributed by atoms with van der Waals surface area (Å²) in [6.45, 7) is 2.10. The van der Waals surface area contributed by atoms with Gasteiger partial charge in [-0.2, -0.15) is 0 Å². The van der Waals surface area contributed by atoms with E-state index in [1.54, 1.807) is 6.07 Å². The van der Waals surface area contributed by atoms with Crippen molar-refractivity contribution in [3.8, 4) is 22.4 Å². The van der Waals surface area contributed by atoms with Gasteiger partial charge in [-0.3, -0.25) is 0 Å². The van der Waals surface area contributed by atoms with E-state index >= 15 is 4.39 Å². The monoisotopic (exact) mass is 498 g/mol. The summed E-state index contributed by atoms with van der Waals surface area (Å²) in [5.74, 6) is 0.133. The quantitative estimate of drug-likeness (QED) is 0.223. The number of halogens is 1. The second-order valence-electron chi connectivity index (χ2n) is 10.5. The van der Waals surface area contributed by atoms with Crippen LogP contribution in [0.3, 0.4) is 0 Å². The molecule has 3 heteroatoms. The van der Waals surface area contributed by atoms with Crippen molar-refractivity contribution in [3.05, 3.63) is 125 Å². The van der Waals surface area contributed by atoms with Crippen LogP contribution in [-0.2, 0) is 13.5 Å². The average Bonchev–Trinajstić information content (AvgIpc) is 3.32. The molecule has 0 amide bonds. The summed E-state index contributed by atoms with van der Waals surface area (Å²) < 4.78 is 24.3. The predicted molar refractivity (Wildman–Crippen MR) is 152 cm³/mol. The summed E-state index contributed by atoms with van der Waals surface area (Å²) in [5, 5.41) is 1.95. The molecule has 6 aromatic rings. The van der Waals surface area contributed by atoms with Gasteiger partial charge in [0.15, 0.2) is 6.20 Å². The number of benzene rings is 4. The summed E-state index contributed by atoms with van der Waals surface area (Å²) in [6.07, 6.45) is 5.32. The fraction of sp³-hybridized carbons (Fsp3) is 0.171. The number of pyridine rings is 1. The molecule has 0 fully saturated rings. The molecule has 0 aliphatic heterocycles. The maximum Gasteiger partial charge on any atom is 0.216 e. The van der Waals surface area contributed by atoms with Crippen LogP contribution in [0.25, 0.3) is 44.3 Å². The molecule has 2 aromatic heterocycles. The molecule has 2 heterocycles. The standard InChI is InChI=1S/C35H29FNO/c1-22-14-16-28-29-18-19-30(36)33(35(29)38-34(28)32(22)31-13-6-7-20-37(31)2)25-15-17-27-24(21-25)11-8-12-26(27)23-9-4-3-5-10-23/h3-7,9-10,13-21,26H,8,11-12H2,1-2H3/q+1. The Morgan fingerprint density at radius 2 is 1.58 bits per heavy atom. The summed E-state index contributed by atoms with van der Waals surface area (Å²) >= 11 is 0. The summed E-state index contributed by atoms with van der Waals surface area (Å²) in [6, 6.07) is 31.0. The van der Waals surface area contributed by atoms with Gasteiger partial charge in [0.2, 0.25) is 5.69 Å². The molecule has 1 unspecified atom stereocenters. The third-order valence-corrected chi connectivity index (χ3v) is 8.23. The van der Waals surface area contributed by atoms with E-state index < -0.39 is 0 Å². The first-order chi connectivity index (χ1) is 18.6. The first kappa shape index (κ1) is 22.9. The minimum absolute atomic E-state index is 0.254. The lowest BCUT2D eigenvalue weighted by Gasteiger charge is -2.26. The van der Waals surface area contributed by atoms with Crippen LogP contribution < -0.4 is 4.57 Å². The lowest BCUT2D eigenvalue weighted by molar-refractivity contribution is -0.660. The highest BCUT2D eigenvalue weighted by molar-refractivity contribution is 6.13. The van der Waals surface area contributed by atoms with Crippen molar-refractivity contribution in [2.24, 2.45) is 7.05 Å². The zero-order valence-corrected chi connectivity index (χ0v) is 21.7. The van der Waals surface area contributed by atoms with Crippen molar-refractivity contribution in [2.45, 2.75) is 32.1 Å². The smallest absolute Gasteiger partial charge is 0.216 e. The molecule has 0 bridgehead atoms. The number of aryl methyl sites for hydroxylation is 3. The molecule has 0 spiro atoms. The van der Waals surface area contributed by atoms with Gasteiger partial charge in [-0.1, -0.05) is 60.7 Å². The van der Waals surface area contributed by atoms with Crippen LogP contribution in [0.15, 0.2) is 102 Å². The second-order valence-corrected chi connectivity index (χ2v) is 10.5. The van der Waals surface area contributed by atoms with Crippen LogP contribution >= 0.6 is 0 Å². The number of aromatic nitrogens is 1. The molecule has 1 atom stereocenters. The Kier molecular flexibility index (Phi) is 5.40. The third-order valence-electron chi connectivity index (χ3n) is 8.23. The van der Waals surface area contributed by atoms with E-state index in [4.69, 9.17) is 4.42 Å². The zero-order valence-electron chi connectivity index (χ0n) is 21.7. The molecule has 0 saturated carbocycles. The van der Waals surface area contributed by atoms with Gasteiger partial charge in [0, 0.05) is 28.8 Å². The number of nitrogens with zero attached hydrogens (tertiary/aromatic N) is 1. The zero-order chi connectivity index (χ0) is 25.8. The fourth-order valence-electron chi connectivity index (χ4n) is 6.35. The highest BCUT2D eigenvalue weighted by atomic mass is 19.1. The molecule has 2 nitrogen and oxygen atoms in total. The van der Waals surface area contributed by atoms with E-state index in [0.717, 1.165) is 58.0 Å². The van der Waals surface area contributed by atoms with Gasteiger partial charge in [-0.15, -0.1) is 0 Å². The Labute approximate surface area is 222 Å². The lowest BCUT2D eigenvalue weighted by Crippen LogP contribution is -2.30. The van der Waals surface area contributed by atoms with Gasteiger partial charge in [0.25, 0.3) is 0 Å². The van der Waals surface area contributed by atoms with Crippen molar-refractivity contribution >= 4 is 21.9 Å². The van der Waals surface area contributed by atoms with Crippen molar-refractivity contribution in [1.82, 2.24) is 0 Å². The van der Waals surface area contributed by atoms with Gasteiger partial charge in [-0.05, 0) is 72.2 Å². The highest BCUT2D eigenvalue weighted by Crippen LogP contribution is 2.43. The van der Waals surface area contributed by atoms with Gasteiger partial charge in [-0.25, -0.2) is 8.96 Å². The Balaban J connectivity index is 1.43. The van der Waals surface area contributed by atoms with Crippen LogP contribution in [-0.4, -0.2) is 0 Å². The minimum atomic E-state index is -0.254. The summed E-state index contributed by atoms with van der Waals surface area (Å²) in [7, 11) is 2.04. The normalized spacial score (nSPS) is 15.2. The molecule has 4 aromatic carbocycles. The first-order valence-corrected chi connectivity index (χ1v) is 13.4. The largest absolute Gasteiger partial charge is 0.454 e. The Bertz CT molecular complexity index is 1830. The molecule has 0 saturated heterocycles. The van der Waals surface area contributed by atoms with Crippen LogP contribution in [0, 0.1) is 12.7 Å². The van der Waals surface area contributed by atoms with Crippen LogP contribution in [0.4, 0.5) is 4.39 Å². The molecular weight excluding hydrogens is 469 g/mol. The number of hydrogen-bond donors (Lipinski definition) is 0. The van der Waals surface area contributed by atoms with Crippen LogP contribution in [0.1, 0.15) is 41.0 Å². The maximum absolute atomic E-state index is 15.6. The predicted octanol–water partition coefficient (Wildman–Crippen LogP) is 8.66. The first-order valence-electron chi connectivity index (χ1n) is 13.4. The van der Waals surface area contributed by atoms with Gasteiger partial charge in [0.05, 0.1) is 11.1 Å². The van der Waals surface area contributed by atoms with E-state index in [-0.39, 0.29) is 5.82 Å². The van der Waals surface area contributed by atoms with Crippen LogP contribution in [0.5, 0.6) is 0 Å². The minimum Gasteiger partial charge on any atom is -0.454 e. The van der Waals surface area contributed by atoms with Crippen LogP contribution in [0.2, 0.25) is 0 Å². The van der Waals surface area contributed by atoms with Crippen molar-refractivity contribution < 1.29 is 13.4 Å². The van der Waals surface area contributed by atoms with Gasteiger partial charge < -0.3 is 4.42 Å². The van der Waals surface area contributed by atoms with E-state index in [1.165, 1.54) is 16.7 Å². The lowest BCUT2D eigenvalue weighted by atomic mass is 9.78. The third kappa shape index (κ3) is 3.57. The molecule has 0 radical (unpaired) electrons. The van der Waals surface area contributed by atoms with Crippen molar-refractivity contribution in [2.75, 3.05) is 0 Å². The summed E-state index contributed by atoms with van der Waals surface area (Å²) in [5.41, 5.74) is 10.1. The number of rotatable bonds is 3. The SMILES string of the molecule is Cc1ccc2c(oc3c(-c4ccc5c(c4)CCCC5c4ccccc4)c(F)ccc32)c1-c1cccc[n+]1C. The van der Waals surface area contributed by atoms with Crippen molar-refractivity contribution in [1.29, 1.82) is 0 Å². The topological polar surface area (TPSA) is 17.0 Å². The molecule has 1 aliphatic rings.